The number of nitrogens with zero attached hydrogens (tertiary/aromatic N) is 2. The minimum absolute atomic E-state index is 0.0589. The van der Waals surface area contributed by atoms with Crippen LogP contribution in [0.5, 0.6) is 0 Å². The van der Waals surface area contributed by atoms with Crippen LogP contribution in [-0.2, 0) is 18.2 Å². The summed E-state index contributed by atoms with van der Waals surface area (Å²) in [5.74, 6) is 0. The van der Waals surface area contributed by atoms with Crippen molar-refractivity contribution in [1.82, 2.24) is 14.5 Å². The predicted octanol–water partition coefficient (Wildman–Crippen LogP) is 0.849. The minimum atomic E-state index is -0.0589. The maximum atomic E-state index is 11.6. The van der Waals surface area contributed by atoms with Gasteiger partial charge in [-0.15, -0.1) is 0 Å². The second-order valence-electron chi connectivity index (χ2n) is 6.31. The lowest BCUT2D eigenvalue weighted by Gasteiger charge is -2.32. The van der Waals surface area contributed by atoms with Crippen LogP contribution in [0.3, 0.4) is 0 Å². The van der Waals surface area contributed by atoms with Gasteiger partial charge in [0, 0.05) is 20.1 Å². The third-order valence-corrected chi connectivity index (χ3v) is 4.62. The van der Waals surface area contributed by atoms with Gasteiger partial charge in [0.15, 0.2) is 0 Å². The molecule has 1 saturated heterocycles. The average molecular weight is 318 g/mol. The van der Waals surface area contributed by atoms with Crippen LogP contribution in [0.15, 0.2) is 23.0 Å². The lowest BCUT2D eigenvalue weighted by Crippen LogP contribution is -2.43. The number of ether oxygens (including phenoxy) is 1. The number of morpholine rings is 1. The Hall–Kier alpha value is -1.63. The monoisotopic (exact) mass is 318 g/mol. The van der Waals surface area contributed by atoms with Crippen molar-refractivity contribution in [3.05, 3.63) is 34.2 Å². The van der Waals surface area contributed by atoms with Crippen LogP contribution < -0.4 is 11.4 Å². The Kier molecular flexibility index (Phi) is 5.15. The molecule has 1 atom stereocenters. The molecule has 3 rings (SSSR count). The lowest BCUT2D eigenvalue weighted by atomic mass is 10.1. The molecule has 0 saturated carbocycles. The summed E-state index contributed by atoms with van der Waals surface area (Å²) in [5.41, 5.74) is 8.71. The number of aromatic amines is 1. The Balaban J connectivity index is 1.54. The summed E-state index contributed by atoms with van der Waals surface area (Å²) in [4.78, 5) is 17.0. The van der Waals surface area contributed by atoms with Crippen molar-refractivity contribution in [2.24, 2.45) is 12.8 Å². The number of H-pyrrole nitrogens is 1. The van der Waals surface area contributed by atoms with Crippen LogP contribution in [0, 0.1) is 0 Å². The molecule has 23 heavy (non-hydrogen) atoms. The number of fused-ring (bicyclic) bond motifs is 1. The second-order valence-corrected chi connectivity index (χ2v) is 6.31. The van der Waals surface area contributed by atoms with E-state index in [2.05, 4.69) is 22.0 Å². The number of benzene rings is 1. The van der Waals surface area contributed by atoms with E-state index >= 15 is 0 Å². The summed E-state index contributed by atoms with van der Waals surface area (Å²) < 4.78 is 7.38. The Morgan fingerprint density at radius 3 is 3.13 bits per heavy atom. The van der Waals surface area contributed by atoms with Gasteiger partial charge in [0.05, 0.1) is 23.7 Å². The van der Waals surface area contributed by atoms with Crippen molar-refractivity contribution in [3.8, 4) is 0 Å². The molecule has 2 heterocycles. The van der Waals surface area contributed by atoms with E-state index in [1.807, 2.05) is 6.07 Å². The SMILES string of the molecule is Cn1c(=O)[nH]c2ccc(CCCN3CCO[C@H](CCN)C3)cc21. The Labute approximate surface area is 136 Å². The first-order valence-corrected chi connectivity index (χ1v) is 8.39. The van der Waals surface area contributed by atoms with Gasteiger partial charge in [0.1, 0.15) is 0 Å². The molecule has 1 aliphatic heterocycles. The topological polar surface area (TPSA) is 76.3 Å². The molecule has 6 nitrogen and oxygen atoms in total. The Morgan fingerprint density at radius 1 is 1.43 bits per heavy atom. The fourth-order valence-corrected chi connectivity index (χ4v) is 3.28. The Morgan fingerprint density at radius 2 is 2.30 bits per heavy atom. The number of imidazole rings is 1. The quantitative estimate of drug-likeness (QED) is 0.828. The zero-order chi connectivity index (χ0) is 16.2. The van der Waals surface area contributed by atoms with Gasteiger partial charge in [0.2, 0.25) is 0 Å². The Bertz CT molecular complexity index is 704. The first kappa shape index (κ1) is 16.2. The summed E-state index contributed by atoms with van der Waals surface area (Å²) >= 11 is 0. The van der Waals surface area contributed by atoms with Gasteiger partial charge >= 0.3 is 5.69 Å². The fraction of sp³-hybridized carbons (Fsp3) is 0.588. The molecule has 1 aromatic carbocycles. The van der Waals surface area contributed by atoms with E-state index in [0.29, 0.717) is 12.6 Å². The van der Waals surface area contributed by atoms with E-state index in [4.69, 9.17) is 10.5 Å². The fourth-order valence-electron chi connectivity index (χ4n) is 3.28. The molecule has 1 fully saturated rings. The predicted molar refractivity (Wildman–Crippen MR) is 91.7 cm³/mol. The summed E-state index contributed by atoms with van der Waals surface area (Å²) in [7, 11) is 1.80. The number of rotatable bonds is 6. The number of hydrogen-bond acceptors (Lipinski definition) is 4. The highest BCUT2D eigenvalue weighted by Gasteiger charge is 2.19. The maximum Gasteiger partial charge on any atom is 0.326 e. The molecule has 0 spiro atoms. The van der Waals surface area contributed by atoms with Gasteiger partial charge in [-0.05, 0) is 50.0 Å². The summed E-state index contributed by atoms with van der Waals surface area (Å²) in [6.07, 6.45) is 3.36. The highest BCUT2D eigenvalue weighted by Crippen LogP contribution is 2.14. The molecular formula is C17H26N4O2. The molecule has 0 amide bonds. The van der Waals surface area contributed by atoms with E-state index in [1.54, 1.807) is 11.6 Å². The molecule has 6 heteroatoms. The first-order valence-electron chi connectivity index (χ1n) is 8.39. The molecule has 2 aromatic rings. The maximum absolute atomic E-state index is 11.6. The van der Waals surface area contributed by atoms with Crippen molar-refractivity contribution in [1.29, 1.82) is 0 Å². The third kappa shape index (κ3) is 3.83. The number of hydrogen-bond donors (Lipinski definition) is 2. The van der Waals surface area contributed by atoms with Gasteiger partial charge < -0.3 is 15.5 Å². The van der Waals surface area contributed by atoms with Gasteiger partial charge in [-0.2, -0.15) is 0 Å². The number of nitrogens with one attached hydrogen (secondary N) is 1. The van der Waals surface area contributed by atoms with Crippen LogP contribution in [0.4, 0.5) is 0 Å². The second kappa shape index (κ2) is 7.29. The first-order chi connectivity index (χ1) is 11.2. The van der Waals surface area contributed by atoms with Crippen molar-refractivity contribution in [2.75, 3.05) is 32.8 Å². The average Bonchev–Trinajstić information content (AvgIpc) is 2.83. The molecule has 0 aliphatic carbocycles. The van der Waals surface area contributed by atoms with Crippen molar-refractivity contribution < 1.29 is 4.74 Å². The molecule has 1 aromatic heterocycles. The lowest BCUT2D eigenvalue weighted by molar-refractivity contribution is -0.0308. The van der Waals surface area contributed by atoms with E-state index in [0.717, 1.165) is 56.5 Å². The third-order valence-electron chi connectivity index (χ3n) is 4.62. The van der Waals surface area contributed by atoms with Crippen molar-refractivity contribution >= 4 is 11.0 Å². The van der Waals surface area contributed by atoms with Crippen LogP contribution in [0.2, 0.25) is 0 Å². The molecule has 0 unspecified atom stereocenters. The van der Waals surface area contributed by atoms with Crippen molar-refractivity contribution in [2.45, 2.75) is 25.4 Å². The largest absolute Gasteiger partial charge is 0.376 e. The number of aromatic nitrogens is 2. The number of nitrogens with two attached hydrogens (primary N) is 1. The molecule has 0 bridgehead atoms. The molecule has 3 N–H and O–H groups in total. The summed E-state index contributed by atoms with van der Waals surface area (Å²) in [6.45, 7) is 4.57. The summed E-state index contributed by atoms with van der Waals surface area (Å²) in [6, 6.07) is 6.22. The van der Waals surface area contributed by atoms with Gasteiger partial charge in [-0.25, -0.2) is 4.79 Å². The highest BCUT2D eigenvalue weighted by atomic mass is 16.5. The van der Waals surface area contributed by atoms with Gasteiger partial charge in [-0.1, -0.05) is 6.07 Å². The highest BCUT2D eigenvalue weighted by molar-refractivity contribution is 5.75. The van der Waals surface area contributed by atoms with E-state index in [-0.39, 0.29) is 5.69 Å². The molecule has 0 radical (unpaired) electrons. The van der Waals surface area contributed by atoms with Crippen LogP contribution >= 0.6 is 0 Å². The smallest absolute Gasteiger partial charge is 0.326 e. The van der Waals surface area contributed by atoms with E-state index in [1.165, 1.54) is 5.56 Å². The van der Waals surface area contributed by atoms with Crippen molar-refractivity contribution in [3.63, 3.8) is 0 Å². The molecular weight excluding hydrogens is 292 g/mol. The van der Waals surface area contributed by atoms with Crippen LogP contribution in [-0.4, -0.2) is 53.3 Å². The zero-order valence-corrected chi connectivity index (χ0v) is 13.8. The van der Waals surface area contributed by atoms with E-state index < -0.39 is 0 Å². The van der Waals surface area contributed by atoms with Crippen LogP contribution in [0.25, 0.3) is 11.0 Å². The number of aryl methyl sites for hydroxylation is 2. The normalized spacial score (nSPS) is 19.5. The standard InChI is InChI=1S/C17H26N4O2/c1-20-16-11-13(4-5-15(16)19-17(20)22)3-2-8-21-9-10-23-14(12-21)6-7-18/h4-5,11,14H,2-3,6-10,12,18H2,1H3,(H,19,22)/t14-/m1/s1. The van der Waals surface area contributed by atoms with Gasteiger partial charge in [-0.3, -0.25) is 9.47 Å². The minimum Gasteiger partial charge on any atom is -0.376 e. The molecule has 1 aliphatic rings. The van der Waals surface area contributed by atoms with Crippen LogP contribution in [0.1, 0.15) is 18.4 Å². The molecule has 126 valence electrons. The van der Waals surface area contributed by atoms with Gasteiger partial charge in [0.25, 0.3) is 0 Å². The summed E-state index contributed by atoms with van der Waals surface area (Å²) in [5, 5.41) is 0. The zero-order valence-electron chi connectivity index (χ0n) is 13.8. The van der Waals surface area contributed by atoms with E-state index in [9.17, 15) is 4.79 Å².